The smallest absolute Gasteiger partial charge is 0.306 e. The number of amides is 1. The molecule has 3 unspecified atom stereocenters. The largest absolute Gasteiger partial charge is 0.462 e. The highest BCUT2D eigenvalue weighted by Gasteiger charge is 2.24. The van der Waals surface area contributed by atoms with E-state index in [0.717, 1.165) is 70.6 Å². The molecule has 0 aromatic rings. The molecular formula is C60H107NO5. The molecule has 0 fully saturated rings. The van der Waals surface area contributed by atoms with Crippen molar-refractivity contribution in [1.82, 2.24) is 5.32 Å². The molecule has 0 aliphatic rings. The van der Waals surface area contributed by atoms with Gasteiger partial charge < -0.3 is 20.3 Å². The Morgan fingerprint density at radius 1 is 0.455 bits per heavy atom. The molecule has 0 spiro atoms. The van der Waals surface area contributed by atoms with E-state index in [9.17, 15) is 19.8 Å². The van der Waals surface area contributed by atoms with Crippen molar-refractivity contribution in [3.05, 3.63) is 72.9 Å². The maximum atomic E-state index is 13.3. The Morgan fingerprint density at radius 2 is 0.818 bits per heavy atom. The molecule has 0 saturated carbocycles. The van der Waals surface area contributed by atoms with Crippen molar-refractivity contribution in [2.24, 2.45) is 0 Å². The number of nitrogens with one attached hydrogen (secondary N) is 1. The van der Waals surface area contributed by atoms with Crippen LogP contribution in [0.5, 0.6) is 0 Å². The van der Waals surface area contributed by atoms with Crippen molar-refractivity contribution < 1.29 is 24.5 Å². The monoisotopic (exact) mass is 922 g/mol. The van der Waals surface area contributed by atoms with Crippen LogP contribution in [0.15, 0.2) is 72.9 Å². The molecule has 0 saturated heterocycles. The predicted molar refractivity (Wildman–Crippen MR) is 287 cm³/mol. The van der Waals surface area contributed by atoms with Crippen LogP contribution in [0.1, 0.15) is 271 Å². The van der Waals surface area contributed by atoms with E-state index in [1.54, 1.807) is 0 Å². The summed E-state index contributed by atoms with van der Waals surface area (Å²) < 4.78 is 5.94. The minimum absolute atomic E-state index is 0.0596. The van der Waals surface area contributed by atoms with E-state index in [0.29, 0.717) is 19.3 Å². The summed E-state index contributed by atoms with van der Waals surface area (Å²) in [6, 6.07) is -0.713. The second kappa shape index (κ2) is 53.3. The molecule has 0 bridgehead atoms. The summed E-state index contributed by atoms with van der Waals surface area (Å²) >= 11 is 0. The number of unbranched alkanes of at least 4 members (excludes halogenated alkanes) is 31. The highest BCUT2D eigenvalue weighted by atomic mass is 16.5. The molecule has 0 aromatic carbocycles. The first-order chi connectivity index (χ1) is 32.5. The molecule has 0 aromatic heterocycles. The Kier molecular flexibility index (Phi) is 51.1. The first kappa shape index (κ1) is 63.3. The Balaban J connectivity index is 4.65. The Hall–Kier alpha value is -2.70. The van der Waals surface area contributed by atoms with Gasteiger partial charge >= 0.3 is 5.97 Å². The van der Waals surface area contributed by atoms with Gasteiger partial charge in [-0.05, 0) is 44.9 Å². The summed E-state index contributed by atoms with van der Waals surface area (Å²) in [6.07, 6.45) is 68.2. The van der Waals surface area contributed by atoms with Gasteiger partial charge in [-0.15, -0.1) is 0 Å². The quantitative estimate of drug-likeness (QED) is 0.0321. The van der Waals surface area contributed by atoms with Gasteiger partial charge in [0.15, 0.2) is 0 Å². The zero-order valence-electron chi connectivity index (χ0n) is 43.6. The van der Waals surface area contributed by atoms with Gasteiger partial charge in [0.1, 0.15) is 6.10 Å². The molecule has 3 atom stereocenters. The first-order valence-corrected chi connectivity index (χ1v) is 28.2. The van der Waals surface area contributed by atoms with E-state index < -0.39 is 18.2 Å². The fraction of sp³-hybridized carbons (Fsp3) is 0.767. The fourth-order valence-corrected chi connectivity index (χ4v) is 8.46. The number of rotatable bonds is 50. The van der Waals surface area contributed by atoms with Gasteiger partial charge in [0.25, 0.3) is 0 Å². The molecule has 66 heavy (non-hydrogen) atoms. The normalized spacial score (nSPS) is 13.7. The highest BCUT2D eigenvalue weighted by Crippen LogP contribution is 2.18. The lowest BCUT2D eigenvalue weighted by Crippen LogP contribution is -2.46. The molecule has 0 aliphatic carbocycles. The van der Waals surface area contributed by atoms with Gasteiger partial charge in [-0.25, -0.2) is 0 Å². The summed E-state index contributed by atoms with van der Waals surface area (Å²) in [6.45, 7) is 6.35. The van der Waals surface area contributed by atoms with Crippen LogP contribution in [0.25, 0.3) is 0 Å². The van der Waals surface area contributed by atoms with Gasteiger partial charge in [-0.1, -0.05) is 286 Å². The van der Waals surface area contributed by atoms with Crippen LogP contribution in [0, 0.1) is 0 Å². The highest BCUT2D eigenvalue weighted by molar-refractivity contribution is 5.77. The number of carbonyl (C=O) groups excluding carboxylic acids is 2. The minimum atomic E-state index is -0.798. The van der Waals surface area contributed by atoms with Gasteiger partial charge in [0, 0.05) is 6.42 Å². The van der Waals surface area contributed by atoms with Crippen LogP contribution in [-0.2, 0) is 14.3 Å². The molecular weight excluding hydrogens is 815 g/mol. The van der Waals surface area contributed by atoms with Crippen molar-refractivity contribution in [2.75, 3.05) is 6.61 Å². The van der Waals surface area contributed by atoms with Crippen LogP contribution in [0.3, 0.4) is 0 Å². The van der Waals surface area contributed by atoms with E-state index in [1.165, 1.54) is 154 Å². The number of esters is 1. The van der Waals surface area contributed by atoms with Crippen molar-refractivity contribution in [2.45, 2.75) is 289 Å². The predicted octanol–water partition coefficient (Wildman–Crippen LogP) is 17.3. The average molecular weight is 923 g/mol. The van der Waals surface area contributed by atoms with Crippen LogP contribution < -0.4 is 5.32 Å². The molecule has 3 N–H and O–H groups in total. The van der Waals surface area contributed by atoms with Crippen molar-refractivity contribution in [3.8, 4) is 0 Å². The van der Waals surface area contributed by atoms with E-state index in [-0.39, 0.29) is 24.9 Å². The van der Waals surface area contributed by atoms with Gasteiger partial charge in [0.05, 0.1) is 25.2 Å². The van der Waals surface area contributed by atoms with Gasteiger partial charge in [-0.2, -0.15) is 0 Å². The van der Waals surface area contributed by atoms with Crippen LogP contribution in [-0.4, -0.2) is 46.9 Å². The Morgan fingerprint density at radius 3 is 1.23 bits per heavy atom. The van der Waals surface area contributed by atoms with Crippen LogP contribution in [0.2, 0.25) is 0 Å². The summed E-state index contributed by atoms with van der Waals surface area (Å²) in [5, 5.41) is 23.8. The van der Waals surface area contributed by atoms with E-state index in [2.05, 4.69) is 50.4 Å². The summed E-state index contributed by atoms with van der Waals surface area (Å²) in [7, 11) is 0. The first-order valence-electron chi connectivity index (χ1n) is 28.2. The Bertz CT molecular complexity index is 1220. The third kappa shape index (κ3) is 47.8. The lowest BCUT2D eigenvalue weighted by molar-refractivity contribution is -0.151. The van der Waals surface area contributed by atoms with Crippen molar-refractivity contribution in [3.63, 3.8) is 0 Å². The lowest BCUT2D eigenvalue weighted by Gasteiger charge is -2.24. The summed E-state index contributed by atoms with van der Waals surface area (Å²) in [4.78, 5) is 26.3. The fourth-order valence-electron chi connectivity index (χ4n) is 8.46. The van der Waals surface area contributed by atoms with Crippen LogP contribution >= 0.6 is 0 Å². The maximum Gasteiger partial charge on any atom is 0.306 e. The molecule has 0 aliphatic heterocycles. The second-order valence-electron chi connectivity index (χ2n) is 19.1. The number of aliphatic hydroxyl groups is 2. The molecule has 6 heteroatoms. The third-order valence-electron chi connectivity index (χ3n) is 12.7. The number of hydrogen-bond donors (Lipinski definition) is 3. The molecule has 1 amide bonds. The molecule has 0 rings (SSSR count). The van der Waals surface area contributed by atoms with E-state index in [4.69, 9.17) is 4.74 Å². The summed E-state index contributed by atoms with van der Waals surface area (Å²) in [5.41, 5.74) is 0. The molecule has 6 nitrogen and oxygen atoms in total. The zero-order chi connectivity index (χ0) is 48.1. The Labute approximate surface area is 409 Å². The number of aliphatic hydroxyl groups excluding tert-OH is 2. The lowest BCUT2D eigenvalue weighted by atomic mass is 10.0. The maximum absolute atomic E-state index is 13.3. The second-order valence-corrected chi connectivity index (χ2v) is 19.1. The SMILES string of the molecule is CC\C=C/C=C/C=C/C=C\C=C\C=C\CCCCCC(=O)OC(CCCCCCCCCCCCCCCCCCC)CC(=O)NC(CO)C(O)CCCCCCCCCCCCCCC. The standard InChI is InChI=1S/C60H107NO5/c1-4-7-10-13-16-19-22-25-27-29-31-34-36-39-42-45-48-51-56(66-60(65)53-50-47-44-41-38-35-32-30-28-26-23-20-17-14-11-8-5-2)54-59(64)61-57(55-62)58(63)52-49-46-43-40-37-33-24-21-18-15-12-9-6-3/h8,11,14,17,20,23,26,28,30,32,35,38,56-58,62-63H,4-7,9-10,12-13,15-16,18-19,21-22,24-25,27,29,31,33-34,36-37,39-55H2,1-3H3,(H,61,64)/b11-8-,17-14+,23-20+,28-26-,32-30+,38-35+. The number of carbonyl (C=O) groups is 2. The van der Waals surface area contributed by atoms with Gasteiger partial charge in [-0.3, -0.25) is 9.59 Å². The number of ether oxygens (including phenoxy) is 1. The number of hydrogen-bond acceptors (Lipinski definition) is 5. The average Bonchev–Trinajstić information content (AvgIpc) is 3.31. The molecule has 382 valence electrons. The topological polar surface area (TPSA) is 95.9 Å². The molecule has 0 radical (unpaired) electrons. The molecule has 0 heterocycles. The van der Waals surface area contributed by atoms with E-state index in [1.807, 2.05) is 48.6 Å². The van der Waals surface area contributed by atoms with Crippen molar-refractivity contribution in [1.29, 1.82) is 0 Å². The third-order valence-corrected chi connectivity index (χ3v) is 12.7. The number of allylic oxidation sites excluding steroid dienone is 12. The van der Waals surface area contributed by atoms with Gasteiger partial charge in [0.2, 0.25) is 5.91 Å². The van der Waals surface area contributed by atoms with E-state index >= 15 is 0 Å². The van der Waals surface area contributed by atoms with Crippen molar-refractivity contribution >= 4 is 11.9 Å². The zero-order valence-corrected chi connectivity index (χ0v) is 43.6. The minimum Gasteiger partial charge on any atom is -0.462 e. The summed E-state index contributed by atoms with van der Waals surface area (Å²) in [5.74, 6) is -0.517. The van der Waals surface area contributed by atoms with Crippen LogP contribution in [0.4, 0.5) is 0 Å².